The summed E-state index contributed by atoms with van der Waals surface area (Å²) in [4.78, 5) is 67.0. The average molecular weight is 743 g/mol. The van der Waals surface area contributed by atoms with Crippen LogP contribution in [-0.4, -0.2) is 98.5 Å². The van der Waals surface area contributed by atoms with Gasteiger partial charge < -0.3 is 35.1 Å². The Hall–Kier alpha value is -6.45. The molecule has 0 unspecified atom stereocenters. The van der Waals surface area contributed by atoms with Gasteiger partial charge in [0, 0.05) is 60.0 Å². The monoisotopic (exact) mass is 742 g/mol. The van der Waals surface area contributed by atoms with E-state index in [2.05, 4.69) is 17.2 Å². The van der Waals surface area contributed by atoms with Crippen molar-refractivity contribution in [3.8, 4) is 28.7 Å². The Kier molecular flexibility index (Phi) is 12.2. The molecule has 3 amide bonds. The van der Waals surface area contributed by atoms with Gasteiger partial charge in [0.2, 0.25) is 0 Å². The molecule has 3 N–H and O–H groups in total. The number of esters is 1. The lowest BCUT2D eigenvalue weighted by Gasteiger charge is -2.34. The van der Waals surface area contributed by atoms with E-state index >= 15 is 0 Å². The highest BCUT2D eigenvalue weighted by molar-refractivity contribution is 6.09. The summed E-state index contributed by atoms with van der Waals surface area (Å²) in [5.74, 6) is 5.03. The van der Waals surface area contributed by atoms with Crippen LogP contribution in [0.25, 0.3) is 11.1 Å². The van der Waals surface area contributed by atoms with Crippen LogP contribution < -0.4 is 15.8 Å². The van der Waals surface area contributed by atoms with Crippen molar-refractivity contribution in [2.45, 2.75) is 25.8 Å². The van der Waals surface area contributed by atoms with Crippen molar-refractivity contribution in [2.24, 2.45) is 5.73 Å². The van der Waals surface area contributed by atoms with Crippen molar-refractivity contribution in [1.82, 2.24) is 15.1 Å². The van der Waals surface area contributed by atoms with Crippen LogP contribution in [0.3, 0.4) is 0 Å². The highest BCUT2D eigenvalue weighted by atomic mass is 16.6. The van der Waals surface area contributed by atoms with E-state index < -0.39 is 12.1 Å². The third-order valence-electron chi connectivity index (χ3n) is 9.39. The highest BCUT2D eigenvalue weighted by Gasteiger charge is 2.27. The van der Waals surface area contributed by atoms with Crippen LogP contribution in [-0.2, 0) is 9.47 Å². The van der Waals surface area contributed by atoms with Gasteiger partial charge >= 0.3 is 12.1 Å². The molecule has 0 atom stereocenters. The molecule has 1 heterocycles. The first-order valence-electron chi connectivity index (χ1n) is 18.1. The number of rotatable bonds is 11. The topological polar surface area (TPSA) is 158 Å². The number of benzene rings is 4. The highest BCUT2D eigenvalue weighted by Crippen LogP contribution is 2.27. The molecule has 0 bridgehead atoms. The number of carbonyl (C=O) groups excluding carboxylic acids is 5. The second kappa shape index (κ2) is 17.6. The van der Waals surface area contributed by atoms with Crippen LogP contribution in [0.5, 0.6) is 5.75 Å². The summed E-state index contributed by atoms with van der Waals surface area (Å²) >= 11 is 0. The maximum atomic E-state index is 13.2. The van der Waals surface area contributed by atoms with Crippen molar-refractivity contribution in [2.75, 3.05) is 53.0 Å². The number of methoxy groups -OCH3 is 1. The number of nitrogens with zero attached hydrogens (tertiary/aromatic N) is 2. The minimum Gasteiger partial charge on any atom is -0.490 e. The summed E-state index contributed by atoms with van der Waals surface area (Å²) in [6.45, 7) is 3.39. The summed E-state index contributed by atoms with van der Waals surface area (Å²) in [6.07, 6.45) is 1.54. The molecule has 6 rings (SSSR count). The molecule has 0 aromatic heterocycles. The number of nitrogens with one attached hydrogen (secondary N) is 1. The fraction of sp³-hybridized carbons (Fsp3) is 0.279. The lowest BCUT2D eigenvalue weighted by Crippen LogP contribution is -2.50. The number of amides is 3. The molecular weight excluding hydrogens is 700 g/mol. The summed E-state index contributed by atoms with van der Waals surface area (Å²) < 4.78 is 16.0. The number of hydrogen-bond donors (Lipinski definition) is 2. The number of carbonyl (C=O) groups is 5. The van der Waals surface area contributed by atoms with Crippen LogP contribution >= 0.6 is 0 Å². The van der Waals surface area contributed by atoms with Gasteiger partial charge in [0.1, 0.15) is 19.0 Å². The molecule has 282 valence electrons. The summed E-state index contributed by atoms with van der Waals surface area (Å²) in [6, 6.07) is 24.7. The predicted octanol–water partition coefficient (Wildman–Crippen LogP) is 4.86. The van der Waals surface area contributed by atoms with Crippen LogP contribution in [0.15, 0.2) is 84.9 Å². The lowest BCUT2D eigenvalue weighted by atomic mass is 9.95. The fourth-order valence-corrected chi connectivity index (χ4v) is 6.11. The van der Waals surface area contributed by atoms with E-state index in [4.69, 9.17) is 19.9 Å². The smallest absolute Gasteiger partial charge is 0.410 e. The van der Waals surface area contributed by atoms with Gasteiger partial charge in [-0.05, 0) is 91.1 Å². The van der Waals surface area contributed by atoms with E-state index in [0.717, 1.165) is 29.5 Å². The second-order valence-corrected chi connectivity index (χ2v) is 13.2. The Bertz CT molecular complexity index is 2140. The summed E-state index contributed by atoms with van der Waals surface area (Å²) in [5.41, 5.74) is 11.0. The SMILES string of the molecule is COC(=O)c1ccc(C(=O)N2CCN(C(=O)OCCOc3ccc(C(=O)c4ccc(-c5cc(C(=O)NC6CC6)ccc5C)cc4)cc3)CC2)cc1C#CCN. The minimum atomic E-state index is -0.562. The zero-order valence-corrected chi connectivity index (χ0v) is 30.8. The van der Waals surface area contributed by atoms with Gasteiger partial charge in [0.05, 0.1) is 19.2 Å². The van der Waals surface area contributed by atoms with Crippen LogP contribution in [0.1, 0.15) is 71.0 Å². The molecular formula is C43H42N4O8. The van der Waals surface area contributed by atoms with E-state index in [0.29, 0.717) is 46.7 Å². The normalized spacial score (nSPS) is 13.6. The van der Waals surface area contributed by atoms with Gasteiger partial charge in [-0.3, -0.25) is 14.4 Å². The van der Waals surface area contributed by atoms with Gasteiger partial charge in [-0.1, -0.05) is 42.2 Å². The molecule has 12 heteroatoms. The molecule has 1 saturated heterocycles. The Morgan fingerprint density at radius 3 is 2.07 bits per heavy atom. The molecule has 12 nitrogen and oxygen atoms in total. The Morgan fingerprint density at radius 2 is 1.42 bits per heavy atom. The molecule has 1 aliphatic heterocycles. The average Bonchev–Trinajstić information content (AvgIpc) is 4.05. The molecule has 1 aliphatic carbocycles. The standard InChI is InChI=1S/C43H42N4O8/c1-28-5-6-33(40(49)45-35-14-15-35)27-38(28)29-7-9-30(10-8-29)39(48)31-11-16-36(17-12-31)54-24-25-55-43(52)47-22-20-46(21-23-47)41(50)34-13-18-37(42(51)53-2)32(26-34)4-3-19-44/h5-13,16-18,26-27,35H,14-15,19-25,44H2,1-2H3,(H,45,49). The third kappa shape index (κ3) is 9.57. The van der Waals surface area contributed by atoms with Crippen molar-refractivity contribution < 1.29 is 38.2 Å². The van der Waals surface area contributed by atoms with E-state index in [1.165, 1.54) is 18.1 Å². The van der Waals surface area contributed by atoms with Crippen LogP contribution in [0.2, 0.25) is 0 Å². The maximum Gasteiger partial charge on any atom is 0.410 e. The van der Waals surface area contributed by atoms with Crippen LogP contribution in [0, 0.1) is 18.8 Å². The number of piperazine rings is 1. The fourth-order valence-electron chi connectivity index (χ4n) is 6.11. The molecule has 0 spiro atoms. The lowest BCUT2D eigenvalue weighted by molar-refractivity contribution is 0.0529. The van der Waals surface area contributed by atoms with Crippen molar-refractivity contribution in [3.63, 3.8) is 0 Å². The molecule has 4 aromatic carbocycles. The van der Waals surface area contributed by atoms with Gasteiger partial charge in [-0.2, -0.15) is 0 Å². The largest absolute Gasteiger partial charge is 0.490 e. The number of nitrogens with two attached hydrogens (primary N) is 1. The zero-order valence-electron chi connectivity index (χ0n) is 30.8. The first kappa shape index (κ1) is 38.3. The van der Waals surface area contributed by atoms with E-state index in [9.17, 15) is 24.0 Å². The molecule has 0 radical (unpaired) electrons. The Labute approximate surface area is 319 Å². The van der Waals surface area contributed by atoms with Crippen molar-refractivity contribution >= 4 is 29.7 Å². The molecule has 55 heavy (non-hydrogen) atoms. The number of hydrogen-bond acceptors (Lipinski definition) is 9. The van der Waals surface area contributed by atoms with Gasteiger partial charge in [-0.15, -0.1) is 0 Å². The number of aryl methyl sites for hydroxylation is 1. The van der Waals surface area contributed by atoms with E-state index in [1.807, 2.05) is 37.3 Å². The molecule has 1 saturated carbocycles. The van der Waals surface area contributed by atoms with Crippen molar-refractivity contribution in [3.05, 3.63) is 124 Å². The van der Waals surface area contributed by atoms with Crippen molar-refractivity contribution in [1.29, 1.82) is 0 Å². The molecule has 2 fully saturated rings. The van der Waals surface area contributed by atoms with E-state index in [-0.39, 0.29) is 62.1 Å². The van der Waals surface area contributed by atoms with Gasteiger partial charge in [0.15, 0.2) is 5.78 Å². The first-order valence-corrected chi connectivity index (χ1v) is 18.1. The minimum absolute atomic E-state index is 0.0116. The summed E-state index contributed by atoms with van der Waals surface area (Å²) in [7, 11) is 1.27. The predicted molar refractivity (Wildman–Crippen MR) is 205 cm³/mol. The quantitative estimate of drug-likeness (QED) is 0.0949. The summed E-state index contributed by atoms with van der Waals surface area (Å²) in [5, 5.41) is 3.03. The van der Waals surface area contributed by atoms with E-state index in [1.54, 1.807) is 53.4 Å². The van der Waals surface area contributed by atoms with Gasteiger partial charge in [0.25, 0.3) is 11.8 Å². The number of ketones is 1. The maximum absolute atomic E-state index is 13.2. The third-order valence-corrected chi connectivity index (χ3v) is 9.39. The number of ether oxygens (including phenoxy) is 3. The molecule has 4 aromatic rings. The van der Waals surface area contributed by atoms with Gasteiger partial charge in [-0.25, -0.2) is 9.59 Å². The molecule has 2 aliphatic rings. The van der Waals surface area contributed by atoms with Crippen LogP contribution in [0.4, 0.5) is 4.79 Å². The second-order valence-electron chi connectivity index (χ2n) is 13.2. The first-order chi connectivity index (χ1) is 26.6. The Morgan fingerprint density at radius 1 is 0.782 bits per heavy atom. The zero-order chi connectivity index (χ0) is 38.9. The Balaban J connectivity index is 0.941.